The lowest BCUT2D eigenvalue weighted by atomic mass is 9.79. The highest BCUT2D eigenvalue weighted by Crippen LogP contribution is 2.44. The van der Waals surface area contributed by atoms with Gasteiger partial charge in [-0.3, -0.25) is 9.59 Å². The standard InChI is InChI=1S/C56H78N2O6/c1-51(2,3)41-23-33-19-37-27-43(53(7,8)9)29-39(49(37)63-31-45(59)57-55(13,14)15)21-35-25-42(52(4,5)6)26-36(48(35)62)22-40-30-44(54(10,11)12)28-38(20-34(24-41)47(33)61)50(40)64-32-46(60)58-56(16,17)18/h23-30,61-62H,19-22,31-32H2,1-18H3,(H,57,59)(H,58,60). The molecule has 0 unspecified atom stereocenters. The van der Waals surface area contributed by atoms with E-state index in [4.69, 9.17) is 9.47 Å². The zero-order chi connectivity index (χ0) is 48.1. The molecular formula is C56H78N2O6. The van der Waals surface area contributed by atoms with Crippen molar-refractivity contribution >= 4 is 11.8 Å². The zero-order valence-corrected chi connectivity index (χ0v) is 42.4. The molecule has 5 rings (SSSR count). The van der Waals surface area contributed by atoms with Gasteiger partial charge < -0.3 is 30.3 Å². The van der Waals surface area contributed by atoms with Crippen LogP contribution in [0.1, 0.15) is 191 Å². The summed E-state index contributed by atoms with van der Waals surface area (Å²) in [6, 6.07) is 17.0. The first kappa shape index (κ1) is 50.0. The van der Waals surface area contributed by atoms with Gasteiger partial charge >= 0.3 is 0 Å². The van der Waals surface area contributed by atoms with Crippen LogP contribution in [-0.2, 0) is 56.9 Å². The Morgan fingerprint density at radius 2 is 0.609 bits per heavy atom. The minimum Gasteiger partial charge on any atom is -0.507 e. The fraction of sp³-hybridized carbons (Fsp3) is 0.536. The summed E-state index contributed by atoms with van der Waals surface area (Å²) >= 11 is 0. The Hall–Kier alpha value is -4.98. The summed E-state index contributed by atoms with van der Waals surface area (Å²) in [6.45, 7) is 37.4. The number of ether oxygens (including phenoxy) is 2. The van der Waals surface area contributed by atoms with E-state index in [2.05, 4.69) is 142 Å². The molecule has 0 fully saturated rings. The molecule has 4 aromatic carbocycles. The number of benzene rings is 4. The molecule has 2 amide bonds. The number of phenolic OH excluding ortho intramolecular Hbond substituents is 2. The van der Waals surface area contributed by atoms with Crippen molar-refractivity contribution in [2.24, 2.45) is 0 Å². The van der Waals surface area contributed by atoms with E-state index >= 15 is 0 Å². The Bertz CT molecular complexity index is 2130. The Morgan fingerprint density at radius 3 is 0.797 bits per heavy atom. The van der Waals surface area contributed by atoms with Gasteiger partial charge in [-0.2, -0.15) is 0 Å². The molecule has 64 heavy (non-hydrogen) atoms. The van der Waals surface area contributed by atoms with Gasteiger partial charge in [-0.15, -0.1) is 0 Å². The maximum Gasteiger partial charge on any atom is 0.258 e. The molecule has 1 aliphatic carbocycles. The van der Waals surface area contributed by atoms with Crippen LogP contribution in [0, 0.1) is 0 Å². The first-order valence-corrected chi connectivity index (χ1v) is 23.0. The summed E-state index contributed by atoms with van der Waals surface area (Å²) in [6.07, 6.45) is 1.27. The molecule has 8 nitrogen and oxygen atoms in total. The number of phenols is 2. The highest BCUT2D eigenvalue weighted by Gasteiger charge is 2.29. The number of amides is 2. The summed E-state index contributed by atoms with van der Waals surface area (Å²) in [5, 5.41) is 31.2. The van der Waals surface area contributed by atoms with E-state index in [0.717, 1.165) is 66.8 Å². The van der Waals surface area contributed by atoms with E-state index < -0.39 is 11.1 Å². The van der Waals surface area contributed by atoms with E-state index in [0.29, 0.717) is 37.2 Å². The molecule has 0 aliphatic heterocycles. The molecule has 0 atom stereocenters. The molecule has 348 valence electrons. The van der Waals surface area contributed by atoms with Crippen LogP contribution < -0.4 is 20.1 Å². The number of fused-ring (bicyclic) bond motifs is 8. The molecule has 4 aromatic rings. The fourth-order valence-electron chi connectivity index (χ4n) is 8.20. The van der Waals surface area contributed by atoms with Crippen LogP contribution in [0.4, 0.5) is 0 Å². The lowest BCUT2D eigenvalue weighted by molar-refractivity contribution is -0.125. The van der Waals surface area contributed by atoms with E-state index in [1.165, 1.54) is 0 Å². The van der Waals surface area contributed by atoms with Crippen molar-refractivity contribution < 1.29 is 29.3 Å². The average Bonchev–Trinajstić information content (AvgIpc) is 3.10. The SMILES string of the molecule is CC(C)(C)NC(=O)COc1c2cc(C(C)(C)C)cc1Cc1cc(C(C)(C)C)cc(c1O)Cc1cc(C(C)(C)C)cc(c1OCC(=O)NC(C)(C)C)Cc1cc(C(C)(C)C)cc(c1O)C2. The Kier molecular flexibility index (Phi) is 13.9. The van der Waals surface area contributed by atoms with E-state index in [9.17, 15) is 19.8 Å². The Morgan fingerprint density at radius 1 is 0.406 bits per heavy atom. The molecule has 0 aromatic heterocycles. The highest BCUT2D eigenvalue weighted by molar-refractivity contribution is 5.79. The molecule has 1 aliphatic rings. The van der Waals surface area contributed by atoms with Crippen molar-refractivity contribution in [3.63, 3.8) is 0 Å². The number of rotatable bonds is 6. The van der Waals surface area contributed by atoms with Crippen LogP contribution in [0.2, 0.25) is 0 Å². The molecule has 0 saturated carbocycles. The molecule has 0 heterocycles. The second kappa shape index (κ2) is 17.8. The van der Waals surface area contributed by atoms with Crippen molar-refractivity contribution in [1.29, 1.82) is 0 Å². The molecular weight excluding hydrogens is 797 g/mol. The minimum atomic E-state index is -0.450. The highest BCUT2D eigenvalue weighted by atomic mass is 16.5. The van der Waals surface area contributed by atoms with Gasteiger partial charge in [0, 0.05) is 36.8 Å². The minimum absolute atomic E-state index is 0.177. The van der Waals surface area contributed by atoms with Crippen LogP contribution in [-0.4, -0.2) is 46.3 Å². The van der Waals surface area contributed by atoms with Crippen LogP contribution in [0.5, 0.6) is 23.0 Å². The third-order valence-electron chi connectivity index (χ3n) is 11.7. The van der Waals surface area contributed by atoms with E-state index in [-0.39, 0.29) is 58.2 Å². The molecule has 0 spiro atoms. The lowest BCUT2D eigenvalue weighted by Crippen LogP contribution is -2.43. The number of carbonyl (C=O) groups is 2. The van der Waals surface area contributed by atoms with Crippen molar-refractivity contribution in [3.05, 3.63) is 115 Å². The quantitative estimate of drug-likeness (QED) is 0.135. The van der Waals surface area contributed by atoms with Gasteiger partial charge in [0.05, 0.1) is 0 Å². The van der Waals surface area contributed by atoms with Crippen LogP contribution >= 0.6 is 0 Å². The van der Waals surface area contributed by atoms with E-state index in [1.807, 2.05) is 41.5 Å². The van der Waals surface area contributed by atoms with Crippen molar-refractivity contribution in [1.82, 2.24) is 10.6 Å². The number of carbonyl (C=O) groups excluding carboxylic acids is 2. The molecule has 0 radical (unpaired) electrons. The van der Waals surface area contributed by atoms with Crippen molar-refractivity contribution in [3.8, 4) is 23.0 Å². The predicted molar refractivity (Wildman–Crippen MR) is 262 cm³/mol. The molecule has 8 bridgehead atoms. The van der Waals surface area contributed by atoms with Gasteiger partial charge in [0.1, 0.15) is 23.0 Å². The molecule has 0 saturated heterocycles. The van der Waals surface area contributed by atoms with Gasteiger partial charge in [-0.25, -0.2) is 0 Å². The van der Waals surface area contributed by atoms with Crippen LogP contribution in [0.15, 0.2) is 48.5 Å². The van der Waals surface area contributed by atoms with Gasteiger partial charge in [0.2, 0.25) is 0 Å². The zero-order valence-electron chi connectivity index (χ0n) is 42.4. The summed E-state index contributed by atoms with van der Waals surface area (Å²) < 4.78 is 13.3. The topological polar surface area (TPSA) is 117 Å². The van der Waals surface area contributed by atoms with Gasteiger partial charge in [0.15, 0.2) is 13.2 Å². The van der Waals surface area contributed by atoms with Gasteiger partial charge in [-0.05, 0) is 130 Å². The number of aromatic hydroxyl groups is 2. The maximum absolute atomic E-state index is 13.4. The smallest absolute Gasteiger partial charge is 0.258 e. The number of nitrogens with one attached hydrogen (secondary N) is 2. The monoisotopic (exact) mass is 875 g/mol. The third kappa shape index (κ3) is 12.6. The second-order valence-electron chi connectivity index (χ2n) is 24.4. The van der Waals surface area contributed by atoms with Gasteiger partial charge in [0.25, 0.3) is 11.8 Å². The summed E-state index contributed by atoms with van der Waals surface area (Å²) in [5.74, 6) is 1.01. The summed E-state index contributed by atoms with van der Waals surface area (Å²) in [7, 11) is 0. The predicted octanol–water partition coefficient (Wildman–Crippen LogP) is 11.6. The second-order valence-corrected chi connectivity index (χ2v) is 24.4. The summed E-state index contributed by atoms with van der Waals surface area (Å²) in [5.41, 5.74) is 8.57. The Balaban J connectivity index is 1.91. The first-order valence-electron chi connectivity index (χ1n) is 23.0. The normalized spacial score (nSPS) is 13.9. The van der Waals surface area contributed by atoms with Crippen LogP contribution in [0.3, 0.4) is 0 Å². The van der Waals surface area contributed by atoms with Crippen molar-refractivity contribution in [2.75, 3.05) is 13.2 Å². The van der Waals surface area contributed by atoms with Gasteiger partial charge in [-0.1, -0.05) is 132 Å². The number of hydrogen-bond donors (Lipinski definition) is 4. The first-order chi connectivity index (χ1) is 29.1. The third-order valence-corrected chi connectivity index (χ3v) is 11.7. The fourth-order valence-corrected chi connectivity index (χ4v) is 8.20. The van der Waals surface area contributed by atoms with Crippen molar-refractivity contribution in [2.45, 2.75) is 183 Å². The molecule has 4 N–H and O–H groups in total. The summed E-state index contributed by atoms with van der Waals surface area (Å²) in [4.78, 5) is 26.8. The Labute approximate surface area is 385 Å². The lowest BCUT2D eigenvalue weighted by Gasteiger charge is -2.28. The maximum atomic E-state index is 13.4. The largest absolute Gasteiger partial charge is 0.507 e. The van der Waals surface area contributed by atoms with E-state index in [1.54, 1.807) is 0 Å². The average molecular weight is 875 g/mol. The number of hydrogen-bond acceptors (Lipinski definition) is 6. The molecule has 8 heteroatoms. The van der Waals surface area contributed by atoms with Crippen LogP contribution in [0.25, 0.3) is 0 Å².